The molecule has 0 saturated heterocycles. The number of hydrogen-bond acceptors (Lipinski definition) is 3. The molecule has 1 N–H and O–H groups in total. The zero-order valence-electron chi connectivity index (χ0n) is 10.5. The van der Waals surface area contributed by atoms with Crippen LogP contribution in [0.2, 0.25) is 0 Å². The lowest BCUT2D eigenvalue weighted by molar-refractivity contribution is 0.304. The van der Waals surface area contributed by atoms with Crippen LogP contribution in [0.4, 0.5) is 0 Å². The Hall–Kier alpha value is -0.830. The van der Waals surface area contributed by atoms with Gasteiger partial charge in [-0.3, -0.25) is 0 Å². The summed E-state index contributed by atoms with van der Waals surface area (Å²) in [6, 6.07) is 0. The average molecular weight is 210 g/mol. The molecule has 0 heterocycles. The van der Waals surface area contributed by atoms with E-state index in [0.29, 0.717) is 0 Å². The van der Waals surface area contributed by atoms with E-state index in [1.54, 1.807) is 0 Å². The number of nitrogens with zero attached hydrogens (tertiary/aromatic N) is 2. The number of likely N-dealkylation sites (N-methyl/N-ethyl adjacent to an activating group) is 1. The van der Waals surface area contributed by atoms with Gasteiger partial charge in [0.2, 0.25) is 0 Å². The van der Waals surface area contributed by atoms with E-state index in [0.717, 1.165) is 25.1 Å². The molecule has 0 fully saturated rings. The van der Waals surface area contributed by atoms with Crippen LogP contribution in [0.5, 0.6) is 0 Å². The van der Waals surface area contributed by atoms with E-state index in [4.69, 9.17) is 5.21 Å². The summed E-state index contributed by atoms with van der Waals surface area (Å²) in [4.78, 5) is 2.11. The number of hydrogen-bond donors (Lipinski definition) is 1. The molecule has 0 unspecified atom stereocenters. The van der Waals surface area contributed by atoms with Gasteiger partial charge in [0.1, 0.15) is 0 Å². The first-order valence-electron chi connectivity index (χ1n) is 5.40. The van der Waals surface area contributed by atoms with E-state index in [1.165, 1.54) is 11.1 Å². The first kappa shape index (κ1) is 12.2. The Bertz CT molecular complexity index is 301. The van der Waals surface area contributed by atoms with Crippen LogP contribution in [0.15, 0.2) is 16.3 Å². The largest absolute Gasteiger partial charge is 0.411 e. The second kappa shape index (κ2) is 4.35. The summed E-state index contributed by atoms with van der Waals surface area (Å²) < 4.78 is 0. The lowest BCUT2D eigenvalue weighted by Crippen LogP contribution is -2.30. The van der Waals surface area contributed by atoms with Crippen molar-refractivity contribution in [2.75, 3.05) is 20.6 Å². The zero-order chi connectivity index (χ0) is 11.6. The Morgan fingerprint density at radius 3 is 2.40 bits per heavy atom. The van der Waals surface area contributed by atoms with Crippen molar-refractivity contribution in [1.82, 2.24) is 4.90 Å². The van der Waals surface area contributed by atoms with E-state index in [-0.39, 0.29) is 5.41 Å². The maximum Gasteiger partial charge on any atom is 0.0845 e. The third-order valence-corrected chi connectivity index (χ3v) is 2.85. The Labute approximate surface area is 92.5 Å². The summed E-state index contributed by atoms with van der Waals surface area (Å²) in [7, 11) is 4.07. The fourth-order valence-corrected chi connectivity index (χ4v) is 2.33. The predicted molar refractivity (Wildman–Crippen MR) is 63.5 cm³/mol. The molecule has 0 aromatic carbocycles. The van der Waals surface area contributed by atoms with Gasteiger partial charge in [-0.05, 0) is 44.8 Å². The molecule has 0 bridgehead atoms. The minimum absolute atomic E-state index is 0.224. The number of allylic oxidation sites excluding steroid dienone is 1. The average Bonchev–Trinajstić information content (AvgIpc) is 2.08. The van der Waals surface area contributed by atoms with Gasteiger partial charge in [-0.15, -0.1) is 0 Å². The molecule has 15 heavy (non-hydrogen) atoms. The summed E-state index contributed by atoms with van der Waals surface area (Å²) in [6.07, 6.45) is 1.96. The van der Waals surface area contributed by atoms with Crippen LogP contribution in [0.3, 0.4) is 0 Å². The normalized spacial score (nSPS) is 24.0. The fraction of sp³-hybridized carbons (Fsp3) is 0.750. The Kier molecular flexibility index (Phi) is 3.55. The van der Waals surface area contributed by atoms with E-state index >= 15 is 0 Å². The number of oxime groups is 1. The van der Waals surface area contributed by atoms with Gasteiger partial charge >= 0.3 is 0 Å². The monoisotopic (exact) mass is 210 g/mol. The predicted octanol–water partition coefficient (Wildman–Crippen LogP) is 2.51. The molecule has 3 heteroatoms. The minimum atomic E-state index is 0.224. The standard InChI is InChI=1S/C12H22N2O/c1-9-6-12(2,3)7-11(13-15)10(9)8-14(4)5/h15H,6-8H2,1-5H3/b13-11+. The van der Waals surface area contributed by atoms with Crippen LogP contribution >= 0.6 is 0 Å². The van der Waals surface area contributed by atoms with Crippen LogP contribution in [-0.2, 0) is 0 Å². The lowest BCUT2D eigenvalue weighted by atomic mass is 9.73. The second-order valence-electron chi connectivity index (χ2n) is 5.56. The smallest absolute Gasteiger partial charge is 0.0845 e. The van der Waals surface area contributed by atoms with Crippen LogP contribution < -0.4 is 0 Å². The Balaban J connectivity index is 3.00. The topological polar surface area (TPSA) is 35.8 Å². The zero-order valence-corrected chi connectivity index (χ0v) is 10.5. The van der Waals surface area contributed by atoms with Gasteiger partial charge in [-0.25, -0.2) is 0 Å². The van der Waals surface area contributed by atoms with E-state index < -0.39 is 0 Å². The van der Waals surface area contributed by atoms with Crippen molar-refractivity contribution < 1.29 is 5.21 Å². The molecule has 0 aliphatic heterocycles. The van der Waals surface area contributed by atoms with Gasteiger partial charge in [0.15, 0.2) is 0 Å². The summed E-state index contributed by atoms with van der Waals surface area (Å²) >= 11 is 0. The summed E-state index contributed by atoms with van der Waals surface area (Å²) in [5, 5.41) is 12.5. The number of rotatable bonds is 2. The van der Waals surface area contributed by atoms with Crippen LogP contribution in [0.25, 0.3) is 0 Å². The molecule has 0 spiro atoms. The minimum Gasteiger partial charge on any atom is -0.411 e. The van der Waals surface area contributed by atoms with Crippen LogP contribution in [0.1, 0.15) is 33.6 Å². The van der Waals surface area contributed by atoms with Gasteiger partial charge in [-0.2, -0.15) is 0 Å². The molecule has 0 aromatic rings. The highest BCUT2D eigenvalue weighted by Crippen LogP contribution is 2.37. The molecule has 0 aromatic heterocycles. The van der Waals surface area contributed by atoms with Crippen molar-refractivity contribution in [3.8, 4) is 0 Å². The first-order chi connectivity index (χ1) is 6.85. The van der Waals surface area contributed by atoms with Crippen molar-refractivity contribution in [1.29, 1.82) is 0 Å². The second-order valence-corrected chi connectivity index (χ2v) is 5.56. The molecule has 1 aliphatic rings. The molecule has 0 amide bonds. The van der Waals surface area contributed by atoms with Crippen molar-refractivity contribution in [3.05, 3.63) is 11.1 Å². The first-order valence-corrected chi connectivity index (χ1v) is 5.40. The molecule has 3 nitrogen and oxygen atoms in total. The van der Waals surface area contributed by atoms with Gasteiger partial charge in [0, 0.05) is 6.54 Å². The van der Waals surface area contributed by atoms with Crippen molar-refractivity contribution >= 4 is 5.71 Å². The Morgan fingerprint density at radius 1 is 1.33 bits per heavy atom. The van der Waals surface area contributed by atoms with Crippen LogP contribution in [0, 0.1) is 5.41 Å². The van der Waals surface area contributed by atoms with E-state index in [9.17, 15) is 0 Å². The molecular formula is C12H22N2O. The van der Waals surface area contributed by atoms with E-state index in [1.807, 2.05) is 14.1 Å². The molecule has 1 rings (SSSR count). The van der Waals surface area contributed by atoms with Gasteiger partial charge in [-0.1, -0.05) is 24.6 Å². The maximum atomic E-state index is 9.06. The summed E-state index contributed by atoms with van der Waals surface area (Å²) in [5.74, 6) is 0. The Morgan fingerprint density at radius 2 is 1.93 bits per heavy atom. The van der Waals surface area contributed by atoms with Gasteiger partial charge in [0.25, 0.3) is 0 Å². The van der Waals surface area contributed by atoms with E-state index in [2.05, 4.69) is 30.8 Å². The third kappa shape index (κ3) is 3.06. The van der Waals surface area contributed by atoms with Crippen molar-refractivity contribution in [2.45, 2.75) is 33.6 Å². The third-order valence-electron chi connectivity index (χ3n) is 2.85. The van der Waals surface area contributed by atoms with Crippen LogP contribution in [-0.4, -0.2) is 36.5 Å². The quantitative estimate of drug-likeness (QED) is 0.561. The molecule has 0 radical (unpaired) electrons. The molecule has 86 valence electrons. The van der Waals surface area contributed by atoms with Gasteiger partial charge in [0.05, 0.1) is 5.71 Å². The SMILES string of the molecule is CC1=C(CN(C)C)/C(=N/O)CC(C)(C)C1. The highest BCUT2D eigenvalue weighted by molar-refractivity contribution is 6.02. The molecular weight excluding hydrogens is 188 g/mol. The fourth-order valence-electron chi connectivity index (χ4n) is 2.33. The van der Waals surface area contributed by atoms with Crippen molar-refractivity contribution in [2.24, 2.45) is 10.6 Å². The molecule has 0 atom stereocenters. The highest BCUT2D eigenvalue weighted by atomic mass is 16.4. The molecule has 0 saturated carbocycles. The van der Waals surface area contributed by atoms with Crippen molar-refractivity contribution in [3.63, 3.8) is 0 Å². The maximum absolute atomic E-state index is 9.06. The summed E-state index contributed by atoms with van der Waals surface area (Å²) in [5.41, 5.74) is 3.65. The highest BCUT2D eigenvalue weighted by Gasteiger charge is 2.30. The van der Waals surface area contributed by atoms with Gasteiger partial charge < -0.3 is 10.1 Å². The lowest BCUT2D eigenvalue weighted by Gasteiger charge is -2.33. The summed E-state index contributed by atoms with van der Waals surface area (Å²) in [6.45, 7) is 7.44. The molecule has 1 aliphatic carbocycles.